The molecule has 144 valence electrons. The van der Waals surface area contributed by atoms with Gasteiger partial charge in [-0.1, -0.05) is 30.3 Å². The molecular weight excluding hydrogens is 372 g/mol. The van der Waals surface area contributed by atoms with Crippen LogP contribution in [0.25, 0.3) is 10.9 Å². The first-order valence-electron chi connectivity index (χ1n) is 9.37. The first kappa shape index (κ1) is 18.6. The van der Waals surface area contributed by atoms with E-state index in [1.807, 2.05) is 66.4 Å². The molecule has 4 rings (SSSR count). The Balaban J connectivity index is 1.38. The van der Waals surface area contributed by atoms with E-state index in [1.54, 1.807) is 18.0 Å². The normalized spacial score (nSPS) is 15.4. The Morgan fingerprint density at radius 3 is 2.79 bits per heavy atom. The molecule has 1 aliphatic rings. The minimum atomic E-state index is -0.162. The Kier molecular flexibility index (Phi) is 5.67. The van der Waals surface area contributed by atoms with Gasteiger partial charge in [-0.05, 0) is 31.2 Å². The number of benzene rings is 2. The number of carbonyl (C=O) groups excluding carboxylic acids is 1. The summed E-state index contributed by atoms with van der Waals surface area (Å²) in [4.78, 5) is 20.1. The van der Waals surface area contributed by atoms with E-state index < -0.39 is 0 Å². The van der Waals surface area contributed by atoms with Gasteiger partial charge in [-0.25, -0.2) is 0 Å². The molecular formula is C22H22N2O3S. The molecule has 2 aromatic carbocycles. The number of likely N-dealkylation sites (N-methyl/N-ethyl adjacent to an activating group) is 1. The summed E-state index contributed by atoms with van der Waals surface area (Å²) in [6.45, 7) is 3.59. The van der Waals surface area contributed by atoms with E-state index in [1.165, 1.54) is 0 Å². The predicted octanol–water partition coefficient (Wildman–Crippen LogP) is 4.02. The van der Waals surface area contributed by atoms with Crippen molar-refractivity contribution in [1.29, 1.82) is 0 Å². The van der Waals surface area contributed by atoms with Gasteiger partial charge >= 0.3 is 0 Å². The average Bonchev–Trinajstić information content (AvgIpc) is 2.75. The highest BCUT2D eigenvalue weighted by Gasteiger charge is 2.24. The van der Waals surface area contributed by atoms with Gasteiger partial charge in [-0.15, -0.1) is 11.8 Å². The Hall–Kier alpha value is -2.73. The molecule has 0 aliphatic carbocycles. The molecule has 0 fully saturated rings. The molecule has 6 heteroatoms. The monoisotopic (exact) mass is 394 g/mol. The SMILES string of the molecule is CCN(CC1COc2ccccc2O1)C(=O)CSc1ccnc2ccccc12. The van der Waals surface area contributed by atoms with E-state index in [0.717, 1.165) is 27.3 Å². The van der Waals surface area contributed by atoms with Crippen LogP contribution in [0.2, 0.25) is 0 Å². The molecule has 1 aliphatic heterocycles. The van der Waals surface area contributed by atoms with Gasteiger partial charge in [0, 0.05) is 23.0 Å². The Bertz CT molecular complexity index is 973. The van der Waals surface area contributed by atoms with Crippen molar-refractivity contribution in [2.75, 3.05) is 25.4 Å². The van der Waals surface area contributed by atoms with Crippen molar-refractivity contribution in [2.45, 2.75) is 17.9 Å². The van der Waals surface area contributed by atoms with Crippen LogP contribution in [0.4, 0.5) is 0 Å². The van der Waals surface area contributed by atoms with Gasteiger partial charge in [0.2, 0.25) is 5.91 Å². The van der Waals surface area contributed by atoms with Crippen molar-refractivity contribution in [1.82, 2.24) is 9.88 Å². The molecule has 3 aromatic rings. The summed E-state index contributed by atoms with van der Waals surface area (Å²) < 4.78 is 11.8. The number of carbonyl (C=O) groups is 1. The van der Waals surface area contributed by atoms with Crippen molar-refractivity contribution in [3.63, 3.8) is 0 Å². The summed E-state index contributed by atoms with van der Waals surface area (Å²) in [6, 6.07) is 17.6. The summed E-state index contributed by atoms with van der Waals surface area (Å²) in [5.41, 5.74) is 0.943. The van der Waals surface area contributed by atoms with Crippen LogP contribution in [0.15, 0.2) is 65.7 Å². The number of ether oxygens (including phenoxy) is 2. The zero-order chi connectivity index (χ0) is 19.3. The topological polar surface area (TPSA) is 51.7 Å². The number of thioether (sulfide) groups is 1. The highest BCUT2D eigenvalue weighted by molar-refractivity contribution is 8.00. The van der Waals surface area contributed by atoms with E-state index in [9.17, 15) is 4.79 Å². The van der Waals surface area contributed by atoms with Crippen molar-refractivity contribution >= 4 is 28.6 Å². The van der Waals surface area contributed by atoms with Crippen LogP contribution in [0, 0.1) is 0 Å². The summed E-state index contributed by atoms with van der Waals surface area (Å²) >= 11 is 1.55. The maximum Gasteiger partial charge on any atom is 0.233 e. The van der Waals surface area contributed by atoms with Crippen molar-refractivity contribution in [3.05, 3.63) is 60.8 Å². The maximum absolute atomic E-state index is 12.8. The molecule has 28 heavy (non-hydrogen) atoms. The standard InChI is InChI=1S/C22H22N2O3S/c1-2-24(13-16-14-26-19-9-5-6-10-20(19)27-16)22(25)15-28-21-11-12-23-18-8-4-3-7-17(18)21/h3-12,16H,2,13-15H2,1H3. The minimum absolute atomic E-state index is 0.0934. The summed E-state index contributed by atoms with van der Waals surface area (Å²) in [5.74, 6) is 1.97. The van der Waals surface area contributed by atoms with Gasteiger partial charge in [0.25, 0.3) is 0 Å². The quantitative estimate of drug-likeness (QED) is 0.591. The van der Waals surface area contributed by atoms with Gasteiger partial charge in [-0.3, -0.25) is 9.78 Å². The lowest BCUT2D eigenvalue weighted by atomic mass is 10.2. The largest absolute Gasteiger partial charge is 0.486 e. The van der Waals surface area contributed by atoms with Crippen molar-refractivity contribution < 1.29 is 14.3 Å². The third kappa shape index (κ3) is 4.07. The Morgan fingerprint density at radius 1 is 1.14 bits per heavy atom. The number of hydrogen-bond acceptors (Lipinski definition) is 5. The third-order valence-electron chi connectivity index (χ3n) is 4.69. The van der Waals surface area contributed by atoms with Gasteiger partial charge in [-0.2, -0.15) is 0 Å². The first-order chi connectivity index (χ1) is 13.7. The number of rotatable bonds is 6. The van der Waals surface area contributed by atoms with Crippen molar-refractivity contribution in [3.8, 4) is 11.5 Å². The minimum Gasteiger partial charge on any atom is -0.486 e. The number of amides is 1. The lowest BCUT2D eigenvalue weighted by Crippen LogP contribution is -2.44. The van der Waals surface area contributed by atoms with Crippen LogP contribution in [0.3, 0.4) is 0 Å². The molecule has 0 bridgehead atoms. The molecule has 1 amide bonds. The van der Waals surface area contributed by atoms with E-state index in [2.05, 4.69) is 4.98 Å². The molecule has 1 unspecified atom stereocenters. The number of hydrogen-bond donors (Lipinski definition) is 0. The number of nitrogens with zero attached hydrogens (tertiary/aromatic N) is 2. The fraction of sp³-hybridized carbons (Fsp3) is 0.273. The number of pyridine rings is 1. The van der Waals surface area contributed by atoms with E-state index >= 15 is 0 Å². The van der Waals surface area contributed by atoms with E-state index in [0.29, 0.717) is 25.4 Å². The molecule has 0 N–H and O–H groups in total. The summed E-state index contributed by atoms with van der Waals surface area (Å²) in [6.07, 6.45) is 1.63. The predicted molar refractivity (Wildman–Crippen MR) is 111 cm³/mol. The average molecular weight is 394 g/mol. The van der Waals surface area contributed by atoms with Crippen LogP contribution < -0.4 is 9.47 Å². The summed E-state index contributed by atoms with van der Waals surface area (Å²) in [5, 5.41) is 1.08. The third-order valence-corrected chi connectivity index (χ3v) is 5.74. The van der Waals surface area contributed by atoms with Gasteiger partial charge < -0.3 is 14.4 Å². The second-order valence-electron chi connectivity index (χ2n) is 6.54. The number of aromatic nitrogens is 1. The van der Waals surface area contributed by atoms with E-state index in [4.69, 9.17) is 9.47 Å². The zero-order valence-corrected chi connectivity index (χ0v) is 16.5. The number of para-hydroxylation sites is 3. The van der Waals surface area contributed by atoms with Crippen LogP contribution in [-0.2, 0) is 4.79 Å². The molecule has 0 spiro atoms. The second kappa shape index (κ2) is 8.52. The summed E-state index contributed by atoms with van der Waals surface area (Å²) in [7, 11) is 0. The fourth-order valence-electron chi connectivity index (χ4n) is 3.23. The molecule has 5 nitrogen and oxygen atoms in total. The van der Waals surface area contributed by atoms with Gasteiger partial charge in [0.15, 0.2) is 17.6 Å². The zero-order valence-electron chi connectivity index (χ0n) is 15.7. The molecule has 1 atom stereocenters. The Morgan fingerprint density at radius 2 is 1.93 bits per heavy atom. The lowest BCUT2D eigenvalue weighted by Gasteiger charge is -2.31. The molecule has 0 radical (unpaired) electrons. The van der Waals surface area contributed by atoms with Gasteiger partial charge in [0.05, 0.1) is 17.8 Å². The van der Waals surface area contributed by atoms with Gasteiger partial charge in [0.1, 0.15) is 6.61 Å². The Labute approximate surface area is 168 Å². The number of fused-ring (bicyclic) bond motifs is 2. The molecule has 2 heterocycles. The first-order valence-corrected chi connectivity index (χ1v) is 10.4. The molecule has 1 aromatic heterocycles. The van der Waals surface area contributed by atoms with Crippen LogP contribution >= 0.6 is 11.8 Å². The molecule has 0 saturated carbocycles. The van der Waals surface area contributed by atoms with Crippen molar-refractivity contribution in [2.24, 2.45) is 0 Å². The van der Waals surface area contributed by atoms with Crippen LogP contribution in [0.1, 0.15) is 6.92 Å². The highest BCUT2D eigenvalue weighted by Crippen LogP contribution is 2.31. The second-order valence-corrected chi connectivity index (χ2v) is 7.56. The molecule has 0 saturated heterocycles. The van der Waals surface area contributed by atoms with Crippen LogP contribution in [-0.4, -0.2) is 47.3 Å². The van der Waals surface area contributed by atoms with E-state index in [-0.39, 0.29) is 12.0 Å². The maximum atomic E-state index is 12.8. The van der Waals surface area contributed by atoms with Crippen LogP contribution in [0.5, 0.6) is 11.5 Å². The smallest absolute Gasteiger partial charge is 0.233 e. The lowest BCUT2D eigenvalue weighted by molar-refractivity contribution is -0.129. The fourth-order valence-corrected chi connectivity index (χ4v) is 4.18. The highest BCUT2D eigenvalue weighted by atomic mass is 32.2.